The molecule has 0 aliphatic heterocycles. The molecule has 0 aromatic heterocycles. The quantitative estimate of drug-likeness (QED) is 0.734. The van der Waals surface area contributed by atoms with E-state index in [1.165, 1.54) is 19.2 Å². The summed E-state index contributed by atoms with van der Waals surface area (Å²) >= 11 is 0. The van der Waals surface area contributed by atoms with Gasteiger partial charge in [0.2, 0.25) is 10.0 Å². The molecular weight excluding hydrogens is 242 g/mol. The SMILES string of the molecule is CCN(CC(=O)OC)S(=O)(=O)c1ccccc1. The number of esters is 1. The lowest BCUT2D eigenvalue weighted by atomic mass is 10.4. The molecule has 0 aliphatic carbocycles. The molecule has 1 rings (SSSR count). The van der Waals surface area contributed by atoms with Crippen molar-refractivity contribution in [1.29, 1.82) is 0 Å². The molecule has 0 unspecified atom stereocenters. The number of carbonyl (C=O) groups is 1. The summed E-state index contributed by atoms with van der Waals surface area (Å²) < 4.78 is 29.8. The molecule has 0 radical (unpaired) electrons. The van der Waals surface area contributed by atoms with Crippen molar-refractivity contribution in [1.82, 2.24) is 4.31 Å². The van der Waals surface area contributed by atoms with Gasteiger partial charge >= 0.3 is 5.97 Å². The number of hydrogen-bond donors (Lipinski definition) is 0. The van der Waals surface area contributed by atoms with Gasteiger partial charge in [0.15, 0.2) is 0 Å². The van der Waals surface area contributed by atoms with E-state index < -0.39 is 16.0 Å². The molecule has 94 valence electrons. The van der Waals surface area contributed by atoms with Crippen LogP contribution in [0.15, 0.2) is 35.2 Å². The Hall–Kier alpha value is -1.40. The van der Waals surface area contributed by atoms with E-state index in [1.807, 2.05) is 0 Å². The van der Waals surface area contributed by atoms with Crippen LogP contribution in [0, 0.1) is 0 Å². The maximum absolute atomic E-state index is 12.1. The Balaban J connectivity index is 2.99. The molecule has 0 aliphatic rings. The summed E-state index contributed by atoms with van der Waals surface area (Å²) in [6, 6.07) is 8.00. The minimum atomic E-state index is -3.62. The van der Waals surface area contributed by atoms with Gasteiger partial charge in [-0.25, -0.2) is 8.42 Å². The van der Waals surface area contributed by atoms with E-state index in [9.17, 15) is 13.2 Å². The van der Waals surface area contributed by atoms with E-state index >= 15 is 0 Å². The third-order valence-corrected chi connectivity index (χ3v) is 4.20. The first-order chi connectivity index (χ1) is 8.02. The molecule has 0 bridgehead atoms. The zero-order chi connectivity index (χ0) is 12.9. The van der Waals surface area contributed by atoms with Gasteiger partial charge in [-0.3, -0.25) is 4.79 Å². The lowest BCUT2D eigenvalue weighted by Gasteiger charge is -2.18. The number of hydrogen-bond acceptors (Lipinski definition) is 4. The second-order valence-corrected chi connectivity index (χ2v) is 5.26. The number of methoxy groups -OCH3 is 1. The molecule has 0 N–H and O–H groups in total. The zero-order valence-electron chi connectivity index (χ0n) is 9.79. The molecule has 0 saturated heterocycles. The summed E-state index contributed by atoms with van der Waals surface area (Å²) in [4.78, 5) is 11.3. The van der Waals surface area contributed by atoms with Gasteiger partial charge in [-0.15, -0.1) is 0 Å². The topological polar surface area (TPSA) is 63.7 Å². The Morgan fingerprint density at radius 3 is 2.35 bits per heavy atom. The molecule has 0 spiro atoms. The standard InChI is InChI=1S/C11H15NO4S/c1-3-12(9-11(13)16-2)17(14,15)10-7-5-4-6-8-10/h4-8H,3,9H2,1-2H3. The average molecular weight is 257 g/mol. The van der Waals surface area contributed by atoms with Gasteiger partial charge in [0.05, 0.1) is 12.0 Å². The van der Waals surface area contributed by atoms with Crippen molar-refractivity contribution in [3.63, 3.8) is 0 Å². The highest BCUT2D eigenvalue weighted by molar-refractivity contribution is 7.89. The van der Waals surface area contributed by atoms with Crippen molar-refractivity contribution in [2.75, 3.05) is 20.2 Å². The Morgan fingerprint density at radius 1 is 1.29 bits per heavy atom. The molecule has 0 atom stereocenters. The Morgan fingerprint density at radius 2 is 1.88 bits per heavy atom. The fraction of sp³-hybridized carbons (Fsp3) is 0.364. The molecule has 0 fully saturated rings. The van der Waals surface area contributed by atoms with E-state index in [1.54, 1.807) is 25.1 Å². The maximum atomic E-state index is 12.1. The second kappa shape index (κ2) is 5.79. The minimum absolute atomic E-state index is 0.172. The predicted octanol–water partition coefficient (Wildman–Crippen LogP) is 0.870. The first kappa shape index (κ1) is 13.7. The molecule has 0 heterocycles. The van der Waals surface area contributed by atoms with Crippen LogP contribution in [-0.4, -0.2) is 38.9 Å². The number of likely N-dealkylation sites (N-methyl/N-ethyl adjacent to an activating group) is 1. The Bertz CT molecular complexity index is 470. The summed E-state index contributed by atoms with van der Waals surface area (Å²) in [6.07, 6.45) is 0. The van der Waals surface area contributed by atoms with Crippen molar-refractivity contribution >= 4 is 16.0 Å². The highest BCUT2D eigenvalue weighted by atomic mass is 32.2. The third kappa shape index (κ3) is 3.28. The molecule has 0 amide bonds. The fourth-order valence-electron chi connectivity index (χ4n) is 1.32. The third-order valence-electron chi connectivity index (χ3n) is 2.27. The molecule has 0 saturated carbocycles. The summed E-state index contributed by atoms with van der Waals surface area (Å²) in [7, 11) is -2.40. The van der Waals surface area contributed by atoms with Crippen LogP contribution in [-0.2, 0) is 19.6 Å². The van der Waals surface area contributed by atoms with Crippen molar-refractivity contribution in [2.24, 2.45) is 0 Å². The van der Waals surface area contributed by atoms with Gasteiger partial charge in [-0.05, 0) is 12.1 Å². The number of rotatable bonds is 5. The van der Waals surface area contributed by atoms with Gasteiger partial charge in [0, 0.05) is 6.54 Å². The van der Waals surface area contributed by atoms with E-state index in [4.69, 9.17) is 0 Å². The van der Waals surface area contributed by atoms with E-state index in [2.05, 4.69) is 4.74 Å². The van der Waals surface area contributed by atoms with Crippen molar-refractivity contribution in [2.45, 2.75) is 11.8 Å². The normalized spacial score (nSPS) is 11.5. The molecular formula is C11H15NO4S. The zero-order valence-corrected chi connectivity index (χ0v) is 10.6. The summed E-state index contributed by atoms with van der Waals surface area (Å²) in [5.41, 5.74) is 0. The summed E-state index contributed by atoms with van der Waals surface area (Å²) in [5.74, 6) is -0.577. The fourth-order valence-corrected chi connectivity index (χ4v) is 2.73. The molecule has 5 nitrogen and oxygen atoms in total. The highest BCUT2D eigenvalue weighted by Crippen LogP contribution is 2.14. The number of ether oxygens (including phenoxy) is 1. The van der Waals surface area contributed by atoms with Gasteiger partial charge in [-0.2, -0.15) is 4.31 Å². The lowest BCUT2D eigenvalue weighted by Crippen LogP contribution is -2.35. The molecule has 1 aromatic rings. The number of nitrogens with zero attached hydrogens (tertiary/aromatic N) is 1. The van der Waals surface area contributed by atoms with Crippen LogP contribution in [0.5, 0.6) is 0 Å². The van der Waals surface area contributed by atoms with Crippen LogP contribution in [0.3, 0.4) is 0 Å². The monoisotopic (exact) mass is 257 g/mol. The maximum Gasteiger partial charge on any atom is 0.321 e. The molecule has 17 heavy (non-hydrogen) atoms. The van der Waals surface area contributed by atoms with Gasteiger partial charge in [-0.1, -0.05) is 25.1 Å². The largest absolute Gasteiger partial charge is 0.468 e. The van der Waals surface area contributed by atoms with Crippen LogP contribution in [0.2, 0.25) is 0 Å². The summed E-state index contributed by atoms with van der Waals surface area (Å²) in [5, 5.41) is 0. The van der Waals surface area contributed by atoms with Gasteiger partial charge < -0.3 is 4.74 Å². The van der Waals surface area contributed by atoms with Crippen molar-refractivity contribution in [3.8, 4) is 0 Å². The second-order valence-electron chi connectivity index (χ2n) is 3.32. The van der Waals surface area contributed by atoms with Gasteiger partial charge in [0.1, 0.15) is 6.54 Å². The predicted molar refractivity (Wildman–Crippen MR) is 62.9 cm³/mol. The Kier molecular flexibility index (Phi) is 4.65. The van der Waals surface area contributed by atoms with Gasteiger partial charge in [0.25, 0.3) is 0 Å². The molecule has 6 heteroatoms. The minimum Gasteiger partial charge on any atom is -0.468 e. The van der Waals surface area contributed by atoms with Crippen LogP contribution in [0.4, 0.5) is 0 Å². The van der Waals surface area contributed by atoms with E-state index in [0.717, 1.165) is 4.31 Å². The van der Waals surface area contributed by atoms with Crippen LogP contribution in [0.25, 0.3) is 0 Å². The summed E-state index contributed by atoms with van der Waals surface area (Å²) in [6.45, 7) is 1.61. The van der Waals surface area contributed by atoms with Crippen LogP contribution < -0.4 is 0 Å². The number of carbonyl (C=O) groups excluding carboxylic acids is 1. The lowest BCUT2D eigenvalue weighted by molar-refractivity contribution is -0.140. The van der Waals surface area contributed by atoms with Crippen LogP contribution in [0.1, 0.15) is 6.92 Å². The Labute approximate surface area is 101 Å². The first-order valence-corrected chi connectivity index (χ1v) is 6.58. The number of benzene rings is 1. The first-order valence-electron chi connectivity index (χ1n) is 5.14. The van der Waals surface area contributed by atoms with E-state index in [-0.39, 0.29) is 18.0 Å². The molecule has 1 aromatic carbocycles. The number of sulfonamides is 1. The highest BCUT2D eigenvalue weighted by Gasteiger charge is 2.25. The van der Waals surface area contributed by atoms with Crippen LogP contribution >= 0.6 is 0 Å². The van der Waals surface area contributed by atoms with E-state index in [0.29, 0.717) is 0 Å². The van der Waals surface area contributed by atoms with Crippen molar-refractivity contribution < 1.29 is 17.9 Å². The average Bonchev–Trinajstić information content (AvgIpc) is 2.36. The van der Waals surface area contributed by atoms with Crippen molar-refractivity contribution in [3.05, 3.63) is 30.3 Å². The smallest absolute Gasteiger partial charge is 0.321 e.